The van der Waals surface area contributed by atoms with Gasteiger partial charge in [0.25, 0.3) is 0 Å². The van der Waals surface area contributed by atoms with Crippen LogP contribution in [0.25, 0.3) is 10.4 Å². The number of likely N-dealkylation sites (tertiary alicyclic amines) is 1. The van der Waals surface area contributed by atoms with Crippen molar-refractivity contribution in [3.63, 3.8) is 0 Å². The van der Waals surface area contributed by atoms with Crippen LogP contribution in [0.3, 0.4) is 0 Å². The summed E-state index contributed by atoms with van der Waals surface area (Å²) in [6, 6.07) is 7.41. The normalized spacial score (nSPS) is 23.2. The Kier molecular flexibility index (Phi) is 5.15. The molecule has 0 spiro atoms. The van der Waals surface area contributed by atoms with Crippen LogP contribution >= 0.6 is 34.2 Å². The summed E-state index contributed by atoms with van der Waals surface area (Å²) in [6.07, 6.45) is -0.0351. The molecular weight excluding hydrogens is 423 g/mol. The number of nitrogens with zero attached hydrogens (tertiary/aromatic N) is 4. The van der Waals surface area contributed by atoms with E-state index in [2.05, 4.69) is 10.0 Å². The van der Waals surface area contributed by atoms with Gasteiger partial charge in [0.05, 0.1) is 6.04 Å². The van der Waals surface area contributed by atoms with Crippen LogP contribution in [0.1, 0.15) is 5.56 Å². The minimum atomic E-state index is -1.89. The van der Waals surface area contributed by atoms with Crippen LogP contribution in [-0.2, 0) is 16.0 Å². The van der Waals surface area contributed by atoms with Crippen LogP contribution in [0.15, 0.2) is 35.4 Å². The number of amides is 1. The Morgan fingerprint density at radius 2 is 2.14 bits per heavy atom. The number of carboxylic acids is 1. The van der Waals surface area contributed by atoms with Crippen LogP contribution in [0.4, 0.5) is 0 Å². The average Bonchev–Trinajstić information content (AvgIpc) is 2.50. The van der Waals surface area contributed by atoms with Crippen LogP contribution in [0.2, 0.25) is 0 Å². The van der Waals surface area contributed by atoms with E-state index in [0.717, 1.165) is 4.90 Å². The van der Waals surface area contributed by atoms with Gasteiger partial charge in [0, 0.05) is 15.8 Å². The lowest BCUT2D eigenvalue weighted by molar-refractivity contribution is -0.166. The van der Waals surface area contributed by atoms with Crippen molar-refractivity contribution in [2.75, 3.05) is 4.43 Å². The highest BCUT2D eigenvalue weighted by atomic mass is 127. The summed E-state index contributed by atoms with van der Waals surface area (Å²) < 4.78 is 0.420. The summed E-state index contributed by atoms with van der Waals surface area (Å²) in [7, 11) is 0. The van der Waals surface area contributed by atoms with Gasteiger partial charge < -0.3 is 10.0 Å². The Labute approximate surface area is 145 Å². The second-order valence-electron chi connectivity index (χ2n) is 4.81. The Morgan fingerprint density at radius 1 is 1.50 bits per heavy atom. The fraction of sp³-hybridized carbons (Fsp3) is 0.385. The molecule has 0 aliphatic carbocycles. The van der Waals surface area contributed by atoms with Gasteiger partial charge in [0.1, 0.15) is 6.04 Å². The van der Waals surface area contributed by atoms with Gasteiger partial charge in [-0.05, 0) is 11.1 Å². The van der Waals surface area contributed by atoms with E-state index < -0.39 is 29.0 Å². The Hall–Kier alpha value is -1.51. The molecule has 22 heavy (non-hydrogen) atoms. The number of carboxylic acid groups (broad SMARTS) is 1. The highest BCUT2D eigenvalue weighted by Crippen LogP contribution is 2.38. The minimum Gasteiger partial charge on any atom is -0.479 e. The van der Waals surface area contributed by atoms with E-state index in [-0.39, 0.29) is 6.42 Å². The molecule has 116 valence electrons. The van der Waals surface area contributed by atoms with Crippen molar-refractivity contribution in [1.82, 2.24) is 4.90 Å². The fourth-order valence-corrected chi connectivity index (χ4v) is 3.67. The van der Waals surface area contributed by atoms with Crippen LogP contribution in [0.5, 0.6) is 0 Å². The number of carbonyl (C=O) groups is 2. The van der Waals surface area contributed by atoms with Gasteiger partial charge in [-0.1, -0.05) is 69.6 Å². The first-order chi connectivity index (χ1) is 10.5. The number of benzene rings is 1. The van der Waals surface area contributed by atoms with Crippen molar-refractivity contribution in [2.24, 2.45) is 5.11 Å². The zero-order chi connectivity index (χ0) is 16.3. The average molecular weight is 435 g/mol. The molecular formula is C13H12ClIN4O3. The van der Waals surface area contributed by atoms with Gasteiger partial charge in [-0.25, -0.2) is 4.79 Å². The number of β-lactam (4-membered cyclic amide) rings is 1. The molecule has 1 aliphatic rings. The van der Waals surface area contributed by atoms with Crippen LogP contribution in [-0.4, -0.2) is 43.4 Å². The summed E-state index contributed by atoms with van der Waals surface area (Å²) >= 11 is 8.32. The van der Waals surface area contributed by atoms with Crippen LogP contribution in [0, 0.1) is 0 Å². The third-order valence-corrected chi connectivity index (χ3v) is 4.89. The van der Waals surface area contributed by atoms with E-state index in [9.17, 15) is 14.7 Å². The minimum absolute atomic E-state index is 0.0351. The predicted octanol–water partition coefficient (Wildman–Crippen LogP) is 2.57. The maximum absolute atomic E-state index is 12.2. The number of halogens is 2. The van der Waals surface area contributed by atoms with E-state index in [4.69, 9.17) is 17.1 Å². The zero-order valence-corrected chi connectivity index (χ0v) is 14.2. The molecule has 0 radical (unpaired) electrons. The molecule has 3 atom stereocenters. The highest BCUT2D eigenvalue weighted by molar-refractivity contribution is 14.1. The summed E-state index contributed by atoms with van der Waals surface area (Å²) in [4.78, 5) is 25.7. The van der Waals surface area contributed by atoms with Crippen molar-refractivity contribution < 1.29 is 14.7 Å². The highest BCUT2D eigenvalue weighted by Gasteiger charge is 2.58. The third-order valence-electron chi connectivity index (χ3n) is 3.51. The van der Waals surface area contributed by atoms with E-state index in [0.29, 0.717) is 9.99 Å². The maximum atomic E-state index is 12.2. The van der Waals surface area contributed by atoms with Crippen molar-refractivity contribution in [3.05, 3.63) is 46.3 Å². The van der Waals surface area contributed by atoms with Gasteiger partial charge in [-0.2, -0.15) is 0 Å². The second kappa shape index (κ2) is 6.72. The number of carbonyl (C=O) groups excluding carboxylic acids is 1. The first kappa shape index (κ1) is 16.9. The number of rotatable bonds is 6. The first-order valence-electron chi connectivity index (χ1n) is 6.35. The summed E-state index contributed by atoms with van der Waals surface area (Å²) in [5.74, 6) is -1.87. The largest absolute Gasteiger partial charge is 0.479 e. The monoisotopic (exact) mass is 434 g/mol. The van der Waals surface area contributed by atoms with Crippen molar-refractivity contribution in [3.8, 4) is 0 Å². The van der Waals surface area contributed by atoms with E-state index in [1.54, 1.807) is 30.3 Å². The molecule has 1 aromatic carbocycles. The van der Waals surface area contributed by atoms with Crippen molar-refractivity contribution in [1.29, 1.82) is 0 Å². The van der Waals surface area contributed by atoms with E-state index >= 15 is 0 Å². The lowest BCUT2D eigenvalue weighted by Crippen LogP contribution is -2.73. The molecule has 3 unspecified atom stereocenters. The lowest BCUT2D eigenvalue weighted by atomic mass is 9.91. The quantitative estimate of drug-likeness (QED) is 0.141. The SMILES string of the molecule is [N-]=[N+]=NC1C(=O)N(C(Cl)(Cc2ccccc2)C(=O)O)C1CI. The summed E-state index contributed by atoms with van der Waals surface area (Å²) in [5.41, 5.74) is 9.20. The molecule has 1 heterocycles. The molecule has 1 aliphatic heterocycles. The third kappa shape index (κ3) is 2.86. The van der Waals surface area contributed by atoms with Gasteiger partial charge in [-0.3, -0.25) is 4.79 Å². The molecule has 9 heteroatoms. The molecule has 7 nitrogen and oxygen atoms in total. The first-order valence-corrected chi connectivity index (χ1v) is 8.25. The topological polar surface area (TPSA) is 106 Å². The van der Waals surface area contributed by atoms with Gasteiger partial charge in [-0.15, -0.1) is 0 Å². The zero-order valence-electron chi connectivity index (χ0n) is 11.3. The van der Waals surface area contributed by atoms with Gasteiger partial charge in [0.15, 0.2) is 0 Å². The van der Waals surface area contributed by atoms with Gasteiger partial charge in [0.2, 0.25) is 10.9 Å². The molecule has 1 N–H and O–H groups in total. The predicted molar refractivity (Wildman–Crippen MR) is 88.8 cm³/mol. The molecule has 0 bridgehead atoms. The molecule has 2 rings (SSSR count). The van der Waals surface area contributed by atoms with E-state index in [1.165, 1.54) is 0 Å². The number of alkyl halides is 2. The summed E-state index contributed by atoms with van der Waals surface area (Å²) in [6.45, 7) is 0. The fourth-order valence-electron chi connectivity index (χ4n) is 2.43. The number of azide groups is 1. The molecule has 1 fully saturated rings. The molecule has 1 amide bonds. The molecule has 0 aromatic heterocycles. The van der Waals surface area contributed by atoms with Gasteiger partial charge >= 0.3 is 5.97 Å². The molecule has 1 saturated heterocycles. The number of hydrogen-bond donors (Lipinski definition) is 1. The maximum Gasteiger partial charge on any atom is 0.345 e. The van der Waals surface area contributed by atoms with Crippen molar-refractivity contribution in [2.45, 2.75) is 23.5 Å². The summed E-state index contributed by atoms with van der Waals surface area (Å²) in [5, 5.41) is 13.0. The Morgan fingerprint density at radius 3 is 2.64 bits per heavy atom. The van der Waals surface area contributed by atoms with E-state index in [1.807, 2.05) is 22.6 Å². The lowest BCUT2D eigenvalue weighted by Gasteiger charge is -2.51. The Bertz CT molecular complexity index is 637. The second-order valence-corrected chi connectivity index (χ2v) is 6.31. The Balaban J connectivity index is 2.33. The smallest absolute Gasteiger partial charge is 0.345 e. The number of hydrogen-bond acceptors (Lipinski definition) is 3. The molecule has 1 aromatic rings. The van der Waals surface area contributed by atoms with Crippen LogP contribution < -0.4 is 0 Å². The number of aliphatic carboxylic acids is 1. The van der Waals surface area contributed by atoms with Crippen molar-refractivity contribution >= 4 is 46.1 Å². The standard InChI is InChI=1S/C13H12ClIN4O3/c14-13(12(21)22,6-8-4-2-1-3-5-8)19-9(7-15)10(11(19)20)17-18-16/h1-5,9-10H,6-7H2,(H,21,22). The molecule has 0 saturated carbocycles.